The van der Waals surface area contributed by atoms with E-state index in [1.165, 1.54) is 0 Å². The van der Waals surface area contributed by atoms with Crippen molar-refractivity contribution in [1.82, 2.24) is 0 Å². The number of carbonyl (C=O) groups is 1. The first-order chi connectivity index (χ1) is 8.11. The average molecular weight is 240 g/mol. The van der Waals surface area contributed by atoms with Gasteiger partial charge in [-0.1, -0.05) is 24.8 Å². The van der Waals surface area contributed by atoms with Crippen molar-refractivity contribution in [3.63, 3.8) is 0 Å². The second kappa shape index (κ2) is 9.38. The Morgan fingerprint density at radius 1 is 1.24 bits per heavy atom. The van der Waals surface area contributed by atoms with Gasteiger partial charge in [0.2, 0.25) is 0 Å². The highest BCUT2D eigenvalue weighted by atomic mass is 17.2. The van der Waals surface area contributed by atoms with Crippen LogP contribution in [-0.2, 0) is 9.68 Å². The van der Waals surface area contributed by atoms with Crippen molar-refractivity contribution < 1.29 is 24.8 Å². The predicted molar refractivity (Wildman–Crippen MR) is 62.1 cm³/mol. The number of aliphatic hydroxyl groups excluding tert-OH is 2. The Kier molecular flexibility index (Phi) is 8.36. The molecule has 0 amide bonds. The molecule has 0 unspecified atom stereocenters. The molecule has 1 rings (SSSR count). The first-order valence-electron chi connectivity index (χ1n) is 4.93. The fourth-order valence-corrected chi connectivity index (χ4v) is 0.633. The Morgan fingerprint density at radius 2 is 1.76 bits per heavy atom. The molecule has 0 aliphatic rings. The van der Waals surface area contributed by atoms with Gasteiger partial charge in [-0.05, 0) is 19.1 Å². The third-order valence-electron chi connectivity index (χ3n) is 1.41. The highest BCUT2D eigenvalue weighted by molar-refractivity contribution is 5.86. The number of benzene rings is 1. The van der Waals surface area contributed by atoms with Crippen molar-refractivity contribution in [2.24, 2.45) is 0 Å². The van der Waals surface area contributed by atoms with Crippen LogP contribution in [0, 0.1) is 0 Å². The standard InChI is InChI=1S/C10H10O3.C2H6O2/c1-8(2)10(11)13-12-9-6-4-3-5-7-9;3-1-2-4/h3-7H,1H2,2H3;3-4H,1-2H2. The van der Waals surface area contributed by atoms with E-state index in [4.69, 9.17) is 15.1 Å². The summed E-state index contributed by atoms with van der Waals surface area (Å²) in [5, 5.41) is 15.2. The SMILES string of the molecule is C=C(C)C(=O)OOc1ccccc1.OCCO. The van der Waals surface area contributed by atoms with E-state index in [0.29, 0.717) is 11.3 Å². The van der Waals surface area contributed by atoms with Crippen LogP contribution in [0.1, 0.15) is 6.92 Å². The molecule has 1 aromatic rings. The summed E-state index contributed by atoms with van der Waals surface area (Å²) >= 11 is 0. The van der Waals surface area contributed by atoms with Crippen LogP contribution in [0.2, 0.25) is 0 Å². The predicted octanol–water partition coefficient (Wildman–Crippen LogP) is 1.07. The van der Waals surface area contributed by atoms with Crippen LogP contribution in [0.5, 0.6) is 5.75 Å². The molecular weight excluding hydrogens is 224 g/mol. The van der Waals surface area contributed by atoms with Crippen LogP contribution in [0.15, 0.2) is 42.5 Å². The first-order valence-corrected chi connectivity index (χ1v) is 4.93. The molecule has 5 nitrogen and oxygen atoms in total. The van der Waals surface area contributed by atoms with Gasteiger partial charge in [-0.25, -0.2) is 9.68 Å². The molecule has 0 aromatic heterocycles. The lowest BCUT2D eigenvalue weighted by Gasteiger charge is -2.02. The van der Waals surface area contributed by atoms with Crippen LogP contribution < -0.4 is 4.89 Å². The van der Waals surface area contributed by atoms with Gasteiger partial charge in [0.15, 0.2) is 5.75 Å². The van der Waals surface area contributed by atoms with Crippen molar-refractivity contribution in [2.45, 2.75) is 6.92 Å². The number of hydrogen-bond donors (Lipinski definition) is 2. The second-order valence-electron chi connectivity index (χ2n) is 2.99. The third-order valence-corrected chi connectivity index (χ3v) is 1.41. The van der Waals surface area contributed by atoms with Gasteiger partial charge in [0, 0.05) is 5.57 Å². The highest BCUT2D eigenvalue weighted by Crippen LogP contribution is 2.09. The second-order valence-corrected chi connectivity index (χ2v) is 2.99. The van der Waals surface area contributed by atoms with Crippen LogP contribution in [0.4, 0.5) is 0 Å². The summed E-state index contributed by atoms with van der Waals surface area (Å²) in [6.07, 6.45) is 0. The van der Waals surface area contributed by atoms with E-state index in [-0.39, 0.29) is 13.2 Å². The van der Waals surface area contributed by atoms with E-state index < -0.39 is 5.97 Å². The van der Waals surface area contributed by atoms with Crippen molar-refractivity contribution >= 4 is 5.97 Å². The topological polar surface area (TPSA) is 76.0 Å². The summed E-state index contributed by atoms with van der Waals surface area (Å²) in [5.41, 5.74) is 0.302. The quantitative estimate of drug-likeness (QED) is 0.467. The monoisotopic (exact) mass is 240 g/mol. The van der Waals surface area contributed by atoms with Crippen molar-refractivity contribution in [2.75, 3.05) is 13.2 Å². The molecule has 0 aliphatic heterocycles. The summed E-state index contributed by atoms with van der Waals surface area (Å²) in [7, 11) is 0. The third kappa shape index (κ3) is 8.01. The lowest BCUT2D eigenvalue weighted by molar-refractivity contribution is -0.208. The molecule has 0 aliphatic carbocycles. The smallest absolute Gasteiger partial charge is 0.381 e. The molecule has 2 N–H and O–H groups in total. The summed E-state index contributed by atoms with van der Waals surface area (Å²) in [6, 6.07) is 8.78. The fourth-order valence-electron chi connectivity index (χ4n) is 0.633. The van der Waals surface area contributed by atoms with Gasteiger partial charge in [0.1, 0.15) is 0 Å². The molecule has 0 radical (unpaired) electrons. The Labute approximate surface area is 99.8 Å². The molecule has 17 heavy (non-hydrogen) atoms. The Morgan fingerprint density at radius 3 is 2.18 bits per heavy atom. The van der Waals surface area contributed by atoms with Gasteiger partial charge in [-0.3, -0.25) is 4.89 Å². The minimum Gasteiger partial charge on any atom is -0.394 e. The van der Waals surface area contributed by atoms with Gasteiger partial charge in [0.05, 0.1) is 13.2 Å². The number of carbonyl (C=O) groups excluding carboxylic acids is 1. The lowest BCUT2D eigenvalue weighted by atomic mass is 10.3. The minimum absolute atomic E-state index is 0.125. The van der Waals surface area contributed by atoms with Gasteiger partial charge in [0.25, 0.3) is 0 Å². The summed E-state index contributed by atoms with van der Waals surface area (Å²) in [5.74, 6) is -0.0825. The number of hydrogen-bond acceptors (Lipinski definition) is 5. The van der Waals surface area contributed by atoms with E-state index in [0.717, 1.165) is 0 Å². The van der Waals surface area contributed by atoms with E-state index in [1.807, 2.05) is 6.07 Å². The fraction of sp³-hybridized carbons (Fsp3) is 0.250. The molecule has 1 aromatic carbocycles. The molecule has 5 heteroatoms. The maximum Gasteiger partial charge on any atom is 0.381 e. The van der Waals surface area contributed by atoms with Crippen LogP contribution >= 0.6 is 0 Å². The molecule has 0 saturated carbocycles. The zero-order valence-electron chi connectivity index (χ0n) is 9.63. The largest absolute Gasteiger partial charge is 0.394 e. The maximum atomic E-state index is 10.9. The number of rotatable bonds is 4. The van der Waals surface area contributed by atoms with Crippen molar-refractivity contribution in [1.29, 1.82) is 0 Å². The van der Waals surface area contributed by atoms with E-state index >= 15 is 0 Å². The Bertz CT molecular complexity index is 332. The van der Waals surface area contributed by atoms with Gasteiger partial charge in [-0.2, -0.15) is 0 Å². The number of aliphatic hydroxyl groups is 2. The van der Waals surface area contributed by atoms with E-state index in [1.54, 1.807) is 31.2 Å². The van der Waals surface area contributed by atoms with Crippen molar-refractivity contribution in [3.8, 4) is 5.75 Å². The summed E-state index contributed by atoms with van der Waals surface area (Å²) < 4.78 is 0. The van der Waals surface area contributed by atoms with Gasteiger partial charge in [-0.15, -0.1) is 0 Å². The van der Waals surface area contributed by atoms with E-state index in [2.05, 4.69) is 11.5 Å². The molecule has 0 bridgehead atoms. The maximum absolute atomic E-state index is 10.9. The average Bonchev–Trinajstić information content (AvgIpc) is 2.37. The van der Waals surface area contributed by atoms with E-state index in [9.17, 15) is 4.79 Å². The highest BCUT2D eigenvalue weighted by Gasteiger charge is 2.04. The Hall–Kier alpha value is -1.85. The first kappa shape index (κ1) is 15.2. The molecule has 0 saturated heterocycles. The molecule has 0 heterocycles. The van der Waals surface area contributed by atoms with Crippen molar-refractivity contribution in [3.05, 3.63) is 42.5 Å². The minimum atomic E-state index is -0.566. The molecular formula is C12H16O5. The molecule has 0 spiro atoms. The van der Waals surface area contributed by atoms with Crippen LogP contribution in [0.25, 0.3) is 0 Å². The van der Waals surface area contributed by atoms with Crippen LogP contribution in [0.3, 0.4) is 0 Å². The molecule has 0 atom stereocenters. The molecule has 0 fully saturated rings. The molecule has 94 valence electrons. The lowest BCUT2D eigenvalue weighted by Crippen LogP contribution is -2.07. The summed E-state index contributed by atoms with van der Waals surface area (Å²) in [4.78, 5) is 20.0. The van der Waals surface area contributed by atoms with Crippen LogP contribution in [-0.4, -0.2) is 29.4 Å². The van der Waals surface area contributed by atoms with Gasteiger partial charge >= 0.3 is 5.97 Å². The van der Waals surface area contributed by atoms with Gasteiger partial charge < -0.3 is 10.2 Å². The normalized spacial score (nSPS) is 8.65. The number of para-hydroxylation sites is 1. The zero-order chi connectivity index (χ0) is 13.1. The summed E-state index contributed by atoms with van der Waals surface area (Å²) in [6.45, 7) is 4.72. The Balaban J connectivity index is 0.000000557. The zero-order valence-corrected chi connectivity index (χ0v) is 9.63.